The summed E-state index contributed by atoms with van der Waals surface area (Å²) in [6.07, 6.45) is 0.930. The molecule has 2 heterocycles. The molecule has 0 aliphatic carbocycles. The van der Waals surface area contributed by atoms with Crippen LogP contribution in [-0.2, 0) is 0 Å². The summed E-state index contributed by atoms with van der Waals surface area (Å²) in [5, 5.41) is 4.57. The highest BCUT2D eigenvalue weighted by Gasteiger charge is 2.39. The predicted molar refractivity (Wildman–Crippen MR) is 106 cm³/mol. The van der Waals surface area contributed by atoms with Gasteiger partial charge in [-0.1, -0.05) is 47.5 Å². The molecule has 2 amide bonds. The van der Waals surface area contributed by atoms with E-state index in [4.69, 9.17) is 23.2 Å². The number of rotatable bonds is 3. The minimum atomic E-state index is 0.0909. The van der Waals surface area contributed by atoms with E-state index in [-0.39, 0.29) is 18.0 Å². The summed E-state index contributed by atoms with van der Waals surface area (Å²) < 4.78 is 0. The smallest absolute Gasteiger partial charge is 0.319 e. The third kappa shape index (κ3) is 3.29. The van der Waals surface area contributed by atoms with Crippen molar-refractivity contribution in [2.45, 2.75) is 18.4 Å². The second-order valence-corrected chi connectivity index (χ2v) is 7.62. The molecule has 2 fully saturated rings. The molecular formula is C20H21Cl2N3O. The van der Waals surface area contributed by atoms with Crippen LogP contribution in [0.3, 0.4) is 0 Å². The van der Waals surface area contributed by atoms with Crippen molar-refractivity contribution in [2.24, 2.45) is 0 Å². The Hall–Kier alpha value is -1.75. The number of piperidine rings is 1. The van der Waals surface area contributed by atoms with Crippen LogP contribution in [0.2, 0.25) is 10.0 Å². The van der Waals surface area contributed by atoms with Crippen LogP contribution in [0.1, 0.15) is 17.9 Å². The van der Waals surface area contributed by atoms with E-state index in [1.165, 1.54) is 0 Å². The average molecular weight is 390 g/mol. The van der Waals surface area contributed by atoms with E-state index in [0.29, 0.717) is 10.0 Å². The number of carbonyl (C=O) groups excluding carboxylic acids is 1. The summed E-state index contributed by atoms with van der Waals surface area (Å²) >= 11 is 12.3. The Kier molecular flexibility index (Phi) is 5.07. The van der Waals surface area contributed by atoms with Gasteiger partial charge in [0.1, 0.15) is 0 Å². The molecule has 2 aliphatic rings. The van der Waals surface area contributed by atoms with Gasteiger partial charge in [-0.25, -0.2) is 4.79 Å². The Labute approximate surface area is 163 Å². The zero-order valence-electron chi connectivity index (χ0n) is 14.4. The van der Waals surface area contributed by atoms with Crippen LogP contribution in [0.25, 0.3) is 0 Å². The second kappa shape index (κ2) is 7.47. The maximum atomic E-state index is 13.1. The van der Waals surface area contributed by atoms with Gasteiger partial charge in [-0.15, -0.1) is 0 Å². The number of hydrogen-bond acceptors (Lipinski definition) is 2. The van der Waals surface area contributed by atoms with E-state index < -0.39 is 0 Å². The highest BCUT2D eigenvalue weighted by Crippen LogP contribution is 2.34. The number of amides is 2. The van der Waals surface area contributed by atoms with E-state index in [1.54, 1.807) is 0 Å². The molecule has 2 aliphatic heterocycles. The molecule has 0 spiro atoms. The molecular weight excluding hydrogens is 369 g/mol. The van der Waals surface area contributed by atoms with Crippen LogP contribution in [-0.4, -0.2) is 43.2 Å². The van der Waals surface area contributed by atoms with Crippen LogP contribution in [0.5, 0.6) is 0 Å². The summed E-state index contributed by atoms with van der Waals surface area (Å²) in [6, 6.07) is 15.9. The first-order valence-corrected chi connectivity index (χ1v) is 9.69. The van der Waals surface area contributed by atoms with Gasteiger partial charge in [0.05, 0.1) is 10.0 Å². The second-order valence-electron chi connectivity index (χ2n) is 6.80. The van der Waals surface area contributed by atoms with E-state index in [9.17, 15) is 4.79 Å². The molecule has 2 saturated heterocycles. The molecule has 2 unspecified atom stereocenters. The van der Waals surface area contributed by atoms with Crippen LogP contribution in [0.15, 0.2) is 48.5 Å². The minimum absolute atomic E-state index is 0.0909. The van der Waals surface area contributed by atoms with E-state index >= 15 is 0 Å². The van der Waals surface area contributed by atoms with E-state index in [2.05, 4.69) is 5.32 Å². The van der Waals surface area contributed by atoms with Crippen molar-refractivity contribution in [1.82, 2.24) is 10.2 Å². The average Bonchev–Trinajstić information content (AvgIpc) is 3.06. The number of carbonyl (C=O) groups is 1. The van der Waals surface area contributed by atoms with Crippen molar-refractivity contribution < 1.29 is 4.79 Å². The van der Waals surface area contributed by atoms with Crippen LogP contribution < -0.4 is 10.2 Å². The first kappa shape index (κ1) is 17.7. The molecule has 4 nitrogen and oxygen atoms in total. The first-order chi connectivity index (χ1) is 12.6. The molecule has 4 rings (SSSR count). The van der Waals surface area contributed by atoms with Crippen molar-refractivity contribution in [3.63, 3.8) is 0 Å². The summed E-state index contributed by atoms with van der Waals surface area (Å²) in [5.41, 5.74) is 2.09. The lowest BCUT2D eigenvalue weighted by Crippen LogP contribution is -2.49. The number of anilines is 1. The Morgan fingerprint density at radius 3 is 2.58 bits per heavy atom. The predicted octanol–water partition coefficient (Wildman–Crippen LogP) is 4.38. The van der Waals surface area contributed by atoms with Crippen LogP contribution in [0.4, 0.5) is 10.5 Å². The number of urea groups is 1. The normalized spacial score (nSPS) is 23.5. The van der Waals surface area contributed by atoms with Crippen molar-refractivity contribution in [3.8, 4) is 0 Å². The van der Waals surface area contributed by atoms with Gasteiger partial charge in [-0.3, -0.25) is 4.90 Å². The molecule has 6 heteroatoms. The maximum Gasteiger partial charge on any atom is 0.324 e. The minimum Gasteiger partial charge on any atom is -0.319 e. The maximum absolute atomic E-state index is 13.1. The Balaban J connectivity index is 1.59. The van der Waals surface area contributed by atoms with Gasteiger partial charge in [-0.2, -0.15) is 0 Å². The van der Waals surface area contributed by atoms with Gasteiger partial charge in [0.2, 0.25) is 0 Å². The zero-order chi connectivity index (χ0) is 18.1. The van der Waals surface area contributed by atoms with Crippen LogP contribution >= 0.6 is 23.2 Å². The van der Waals surface area contributed by atoms with Gasteiger partial charge in [0.25, 0.3) is 0 Å². The third-order valence-corrected chi connectivity index (χ3v) is 6.07. The van der Waals surface area contributed by atoms with Gasteiger partial charge < -0.3 is 10.2 Å². The van der Waals surface area contributed by atoms with Crippen molar-refractivity contribution >= 4 is 34.9 Å². The lowest BCUT2D eigenvalue weighted by atomic mass is 9.86. The third-order valence-electron chi connectivity index (χ3n) is 5.33. The van der Waals surface area contributed by atoms with Crippen LogP contribution in [0, 0.1) is 0 Å². The van der Waals surface area contributed by atoms with Gasteiger partial charge in [0.15, 0.2) is 0 Å². The van der Waals surface area contributed by atoms with Crippen molar-refractivity contribution in [2.75, 3.05) is 31.1 Å². The number of para-hydroxylation sites is 1. The molecule has 0 saturated carbocycles. The molecule has 26 heavy (non-hydrogen) atoms. The molecule has 2 aromatic rings. The highest BCUT2D eigenvalue weighted by molar-refractivity contribution is 6.42. The van der Waals surface area contributed by atoms with Gasteiger partial charge in [0, 0.05) is 37.3 Å². The highest BCUT2D eigenvalue weighted by atomic mass is 35.5. The van der Waals surface area contributed by atoms with Gasteiger partial charge >= 0.3 is 6.03 Å². The number of nitrogens with one attached hydrogen (secondary N) is 1. The molecule has 136 valence electrons. The van der Waals surface area contributed by atoms with Crippen molar-refractivity contribution in [3.05, 3.63) is 64.1 Å². The summed E-state index contributed by atoms with van der Waals surface area (Å²) in [4.78, 5) is 17.0. The standard InChI is InChI=1S/C20H21Cl2N3O/c21-17-7-6-14(12-18(17)22)16-13-23-9-8-19(16)25-11-10-24(20(25)26)15-4-2-1-3-5-15/h1-7,12,16,19,23H,8-11,13H2. The fourth-order valence-corrected chi connectivity index (χ4v) is 4.32. The molecule has 1 N–H and O–H groups in total. The Bertz CT molecular complexity index is 799. The fraction of sp³-hybridized carbons (Fsp3) is 0.350. The largest absolute Gasteiger partial charge is 0.324 e. The monoisotopic (exact) mass is 389 g/mol. The number of halogens is 2. The number of hydrogen-bond donors (Lipinski definition) is 1. The van der Waals surface area contributed by atoms with E-state index in [1.807, 2.05) is 58.3 Å². The molecule has 0 aromatic heterocycles. The van der Waals surface area contributed by atoms with Crippen molar-refractivity contribution in [1.29, 1.82) is 0 Å². The lowest BCUT2D eigenvalue weighted by Gasteiger charge is -2.38. The summed E-state index contributed by atoms with van der Waals surface area (Å²) in [6.45, 7) is 3.21. The zero-order valence-corrected chi connectivity index (χ0v) is 15.9. The molecule has 2 aromatic carbocycles. The topological polar surface area (TPSA) is 35.6 Å². The first-order valence-electron chi connectivity index (χ1n) is 8.94. The summed E-state index contributed by atoms with van der Waals surface area (Å²) in [5.74, 6) is 0.207. The number of benzene rings is 2. The quantitative estimate of drug-likeness (QED) is 0.844. The van der Waals surface area contributed by atoms with Gasteiger partial charge in [-0.05, 0) is 42.8 Å². The molecule has 0 bridgehead atoms. The lowest BCUT2D eigenvalue weighted by molar-refractivity contribution is 0.173. The van der Waals surface area contributed by atoms with E-state index in [0.717, 1.165) is 43.9 Å². The fourth-order valence-electron chi connectivity index (χ4n) is 4.01. The number of nitrogens with zero attached hydrogens (tertiary/aromatic N) is 2. The Morgan fingerprint density at radius 2 is 1.81 bits per heavy atom. The SMILES string of the molecule is O=C1N(c2ccccc2)CCN1C1CCNCC1c1ccc(Cl)c(Cl)c1. The molecule has 2 atom stereocenters. The Morgan fingerprint density at radius 1 is 1.00 bits per heavy atom. The molecule has 0 radical (unpaired) electrons. The summed E-state index contributed by atoms with van der Waals surface area (Å²) in [7, 11) is 0.